The Balaban J connectivity index is 1.54. The third kappa shape index (κ3) is 5.81. The number of hydrogen-bond donors (Lipinski definition) is 2. The average molecular weight is 503 g/mol. The predicted octanol–water partition coefficient (Wildman–Crippen LogP) is 3.91. The first-order chi connectivity index (χ1) is 17.9. The van der Waals surface area contributed by atoms with Crippen LogP contribution < -0.4 is 25.0 Å². The fourth-order valence-corrected chi connectivity index (χ4v) is 3.53. The van der Waals surface area contributed by atoms with Crippen LogP contribution in [0.15, 0.2) is 78.4 Å². The Bertz CT molecular complexity index is 1390. The molecule has 10 heteroatoms. The third-order valence-corrected chi connectivity index (χ3v) is 5.23. The van der Waals surface area contributed by atoms with Gasteiger partial charge in [-0.1, -0.05) is 30.3 Å². The van der Waals surface area contributed by atoms with Crippen LogP contribution in [0.5, 0.6) is 11.5 Å². The van der Waals surface area contributed by atoms with Gasteiger partial charge in [0.2, 0.25) is 0 Å². The molecular weight excluding hydrogens is 481 g/mol. The number of ether oxygens (including phenoxy) is 2. The van der Waals surface area contributed by atoms with Gasteiger partial charge in [-0.25, -0.2) is 14.1 Å². The van der Waals surface area contributed by atoms with Gasteiger partial charge in [0, 0.05) is 5.56 Å². The maximum Gasteiger partial charge on any atom is 0.335 e. The van der Waals surface area contributed by atoms with E-state index in [1.54, 1.807) is 42.5 Å². The number of imide groups is 2. The molecular formula is C27H22FN3O6. The van der Waals surface area contributed by atoms with Crippen molar-refractivity contribution in [2.45, 2.75) is 6.92 Å². The van der Waals surface area contributed by atoms with Crippen LogP contribution in [0.1, 0.15) is 12.5 Å². The van der Waals surface area contributed by atoms with Gasteiger partial charge in [0.25, 0.3) is 17.7 Å². The van der Waals surface area contributed by atoms with E-state index in [4.69, 9.17) is 9.47 Å². The monoisotopic (exact) mass is 503 g/mol. The summed E-state index contributed by atoms with van der Waals surface area (Å²) in [5.41, 5.74) is 0.273. The minimum atomic E-state index is -0.884. The van der Waals surface area contributed by atoms with Crippen molar-refractivity contribution >= 4 is 41.2 Å². The van der Waals surface area contributed by atoms with Crippen molar-refractivity contribution in [3.05, 3.63) is 89.8 Å². The SMILES string of the molecule is CCOc1ccc(N2C(=O)NC(=O)/C(=C\c3ccccc3OCC(=O)Nc3ccccc3F)C2=O)cc1. The first kappa shape index (κ1) is 25.1. The average Bonchev–Trinajstić information content (AvgIpc) is 2.88. The third-order valence-electron chi connectivity index (χ3n) is 5.23. The van der Waals surface area contributed by atoms with Crippen molar-refractivity contribution in [3.8, 4) is 11.5 Å². The number of nitrogens with one attached hydrogen (secondary N) is 2. The summed E-state index contributed by atoms with van der Waals surface area (Å²) in [6.07, 6.45) is 1.27. The highest BCUT2D eigenvalue weighted by atomic mass is 19.1. The maximum atomic E-state index is 13.8. The van der Waals surface area contributed by atoms with Crippen LogP contribution in [0.25, 0.3) is 6.08 Å². The molecule has 0 atom stereocenters. The molecule has 0 aliphatic carbocycles. The molecule has 9 nitrogen and oxygen atoms in total. The topological polar surface area (TPSA) is 114 Å². The summed E-state index contributed by atoms with van der Waals surface area (Å²) < 4.78 is 24.7. The highest BCUT2D eigenvalue weighted by Gasteiger charge is 2.37. The number of anilines is 2. The van der Waals surface area contributed by atoms with Crippen molar-refractivity contribution in [2.75, 3.05) is 23.4 Å². The summed E-state index contributed by atoms with van der Waals surface area (Å²) in [7, 11) is 0. The Hall–Kier alpha value is -4.99. The number of nitrogens with zero attached hydrogens (tertiary/aromatic N) is 1. The van der Waals surface area contributed by atoms with E-state index < -0.39 is 36.2 Å². The number of hydrogen-bond acceptors (Lipinski definition) is 6. The van der Waals surface area contributed by atoms with Crippen molar-refractivity contribution in [2.24, 2.45) is 0 Å². The minimum Gasteiger partial charge on any atom is -0.494 e. The van der Waals surface area contributed by atoms with E-state index >= 15 is 0 Å². The molecule has 3 aromatic rings. The predicted molar refractivity (Wildman–Crippen MR) is 134 cm³/mol. The molecule has 4 rings (SSSR count). The van der Waals surface area contributed by atoms with Gasteiger partial charge in [0.15, 0.2) is 6.61 Å². The standard InChI is InChI=1S/C27H22FN3O6/c1-2-36-19-13-11-18(12-14-19)31-26(34)20(25(33)30-27(31)35)15-17-7-3-6-10-23(17)37-16-24(32)29-22-9-5-4-8-21(22)28/h3-15H,2,16H2,1H3,(H,29,32)(H,30,33,35)/b20-15+. The number of carbonyl (C=O) groups is 4. The molecule has 0 bridgehead atoms. The zero-order chi connectivity index (χ0) is 26.4. The summed E-state index contributed by atoms with van der Waals surface area (Å²) in [6.45, 7) is 1.83. The largest absolute Gasteiger partial charge is 0.494 e. The fraction of sp³-hybridized carbons (Fsp3) is 0.111. The van der Waals surface area contributed by atoms with Gasteiger partial charge >= 0.3 is 6.03 Å². The number of amides is 5. The van der Waals surface area contributed by atoms with Crippen molar-refractivity contribution in [1.82, 2.24) is 5.32 Å². The molecule has 1 fully saturated rings. The normalized spacial score (nSPS) is 14.4. The molecule has 3 aromatic carbocycles. The van der Waals surface area contributed by atoms with Crippen LogP contribution in [-0.2, 0) is 14.4 Å². The number of para-hydroxylation sites is 2. The molecule has 37 heavy (non-hydrogen) atoms. The van der Waals surface area contributed by atoms with E-state index in [9.17, 15) is 23.6 Å². The molecule has 0 saturated carbocycles. The van der Waals surface area contributed by atoms with Gasteiger partial charge in [0.05, 0.1) is 18.0 Å². The van der Waals surface area contributed by atoms with Crippen LogP contribution in [0.4, 0.5) is 20.6 Å². The molecule has 1 aliphatic heterocycles. The van der Waals surface area contributed by atoms with Gasteiger partial charge in [-0.05, 0) is 55.5 Å². The van der Waals surface area contributed by atoms with E-state index in [0.29, 0.717) is 17.9 Å². The Kier molecular flexibility index (Phi) is 7.58. The molecule has 1 heterocycles. The second-order valence-corrected chi connectivity index (χ2v) is 7.74. The van der Waals surface area contributed by atoms with Gasteiger partial charge < -0.3 is 14.8 Å². The molecule has 0 spiro atoms. The molecule has 0 radical (unpaired) electrons. The van der Waals surface area contributed by atoms with Crippen LogP contribution in [-0.4, -0.2) is 37.0 Å². The maximum absolute atomic E-state index is 13.8. The van der Waals surface area contributed by atoms with E-state index in [1.165, 1.54) is 36.4 Å². The number of benzene rings is 3. The lowest BCUT2D eigenvalue weighted by Crippen LogP contribution is -2.54. The fourth-order valence-electron chi connectivity index (χ4n) is 3.53. The molecule has 2 N–H and O–H groups in total. The van der Waals surface area contributed by atoms with Gasteiger partial charge in [-0.15, -0.1) is 0 Å². The molecule has 0 aromatic heterocycles. The smallest absolute Gasteiger partial charge is 0.335 e. The summed E-state index contributed by atoms with van der Waals surface area (Å²) in [5, 5.41) is 4.57. The number of barbiturate groups is 1. The van der Waals surface area contributed by atoms with E-state index in [0.717, 1.165) is 4.90 Å². The number of halogens is 1. The lowest BCUT2D eigenvalue weighted by Gasteiger charge is -2.26. The second-order valence-electron chi connectivity index (χ2n) is 7.74. The van der Waals surface area contributed by atoms with Gasteiger partial charge in [-0.2, -0.15) is 0 Å². The summed E-state index contributed by atoms with van der Waals surface area (Å²) >= 11 is 0. The summed E-state index contributed by atoms with van der Waals surface area (Å²) in [6, 6.07) is 17.5. The number of urea groups is 1. The molecule has 0 unspecified atom stereocenters. The Morgan fingerprint density at radius 2 is 1.68 bits per heavy atom. The first-order valence-corrected chi connectivity index (χ1v) is 11.3. The zero-order valence-corrected chi connectivity index (χ0v) is 19.7. The van der Waals surface area contributed by atoms with Gasteiger partial charge in [-0.3, -0.25) is 19.7 Å². The number of carbonyl (C=O) groups excluding carboxylic acids is 4. The van der Waals surface area contributed by atoms with E-state index in [2.05, 4.69) is 10.6 Å². The molecule has 188 valence electrons. The lowest BCUT2D eigenvalue weighted by atomic mass is 10.1. The van der Waals surface area contributed by atoms with Crippen molar-refractivity contribution < 1.29 is 33.0 Å². The Labute approximate surface area is 211 Å². The first-order valence-electron chi connectivity index (χ1n) is 11.3. The van der Waals surface area contributed by atoms with Crippen LogP contribution >= 0.6 is 0 Å². The van der Waals surface area contributed by atoms with Crippen LogP contribution in [0.3, 0.4) is 0 Å². The van der Waals surface area contributed by atoms with Crippen LogP contribution in [0, 0.1) is 5.82 Å². The van der Waals surface area contributed by atoms with E-state index in [-0.39, 0.29) is 22.7 Å². The molecule has 5 amide bonds. The zero-order valence-electron chi connectivity index (χ0n) is 19.7. The highest BCUT2D eigenvalue weighted by Crippen LogP contribution is 2.27. The lowest BCUT2D eigenvalue weighted by molar-refractivity contribution is -0.122. The Morgan fingerprint density at radius 1 is 0.973 bits per heavy atom. The quantitative estimate of drug-likeness (QED) is 0.356. The molecule has 1 aliphatic rings. The highest BCUT2D eigenvalue weighted by molar-refractivity contribution is 6.39. The Morgan fingerprint density at radius 3 is 2.41 bits per heavy atom. The van der Waals surface area contributed by atoms with Gasteiger partial charge in [0.1, 0.15) is 22.9 Å². The van der Waals surface area contributed by atoms with Crippen LogP contribution in [0.2, 0.25) is 0 Å². The van der Waals surface area contributed by atoms with Crippen molar-refractivity contribution in [1.29, 1.82) is 0 Å². The second kappa shape index (κ2) is 11.2. The number of rotatable bonds is 8. The molecule has 1 saturated heterocycles. The van der Waals surface area contributed by atoms with Crippen molar-refractivity contribution in [3.63, 3.8) is 0 Å². The minimum absolute atomic E-state index is 0.00928. The van der Waals surface area contributed by atoms with E-state index in [1.807, 2.05) is 6.92 Å². The summed E-state index contributed by atoms with van der Waals surface area (Å²) in [4.78, 5) is 51.3. The summed E-state index contributed by atoms with van der Waals surface area (Å²) in [5.74, 6) is -2.13.